The van der Waals surface area contributed by atoms with Gasteiger partial charge in [0.2, 0.25) is 0 Å². The lowest BCUT2D eigenvalue weighted by Crippen LogP contribution is -2.19. The number of alkyl halides is 3. The van der Waals surface area contributed by atoms with Crippen LogP contribution in [0.15, 0.2) is 18.2 Å². The van der Waals surface area contributed by atoms with Crippen LogP contribution in [0.4, 0.5) is 13.2 Å². The summed E-state index contributed by atoms with van der Waals surface area (Å²) in [5, 5.41) is 17.2. The SMILES string of the molecule is N#Cc1ccc(OCC(F)(F)F)c(C#N)c1. The molecule has 1 aromatic carbocycles. The fourth-order valence-corrected chi connectivity index (χ4v) is 0.972. The van der Waals surface area contributed by atoms with Crippen LogP contribution >= 0.6 is 0 Å². The van der Waals surface area contributed by atoms with Crippen LogP contribution in [0.1, 0.15) is 11.1 Å². The quantitative estimate of drug-likeness (QED) is 0.777. The summed E-state index contributed by atoms with van der Waals surface area (Å²) in [5.74, 6) is -0.182. The Balaban J connectivity index is 2.90. The van der Waals surface area contributed by atoms with Gasteiger partial charge in [0, 0.05) is 0 Å². The van der Waals surface area contributed by atoms with E-state index >= 15 is 0 Å². The van der Waals surface area contributed by atoms with Crippen LogP contribution in [0.5, 0.6) is 5.75 Å². The van der Waals surface area contributed by atoms with E-state index in [0.29, 0.717) is 0 Å². The van der Waals surface area contributed by atoms with Crippen molar-refractivity contribution in [1.82, 2.24) is 0 Å². The Bertz CT molecular complexity index is 468. The largest absolute Gasteiger partial charge is 0.483 e. The van der Waals surface area contributed by atoms with Gasteiger partial charge in [0.25, 0.3) is 0 Å². The average molecular weight is 226 g/mol. The summed E-state index contributed by atoms with van der Waals surface area (Å²) in [6.45, 7) is -1.46. The topological polar surface area (TPSA) is 56.8 Å². The molecule has 0 aliphatic heterocycles. The van der Waals surface area contributed by atoms with Gasteiger partial charge in [-0.1, -0.05) is 0 Å². The van der Waals surface area contributed by atoms with Crippen LogP contribution in [0.25, 0.3) is 0 Å². The lowest BCUT2D eigenvalue weighted by molar-refractivity contribution is -0.153. The van der Waals surface area contributed by atoms with Crippen molar-refractivity contribution in [2.75, 3.05) is 6.61 Å². The molecular formula is C10H5F3N2O. The molecule has 0 spiro atoms. The van der Waals surface area contributed by atoms with Gasteiger partial charge in [-0.25, -0.2) is 0 Å². The second-order valence-corrected chi connectivity index (χ2v) is 2.84. The van der Waals surface area contributed by atoms with Crippen molar-refractivity contribution in [1.29, 1.82) is 10.5 Å². The van der Waals surface area contributed by atoms with Crippen molar-refractivity contribution in [3.63, 3.8) is 0 Å². The molecule has 1 rings (SSSR count). The molecule has 0 fully saturated rings. The minimum absolute atomic E-state index is 0.0942. The highest BCUT2D eigenvalue weighted by molar-refractivity contribution is 5.48. The molecular weight excluding hydrogens is 221 g/mol. The Morgan fingerprint density at radius 1 is 1.19 bits per heavy atom. The fraction of sp³-hybridized carbons (Fsp3) is 0.200. The molecule has 0 radical (unpaired) electrons. The molecule has 3 nitrogen and oxygen atoms in total. The molecule has 0 atom stereocenters. The Kier molecular flexibility index (Phi) is 3.37. The summed E-state index contributed by atoms with van der Waals surface area (Å²) >= 11 is 0. The number of hydrogen-bond acceptors (Lipinski definition) is 3. The monoisotopic (exact) mass is 226 g/mol. The third kappa shape index (κ3) is 3.18. The summed E-state index contributed by atoms with van der Waals surface area (Å²) in [4.78, 5) is 0. The van der Waals surface area contributed by atoms with Crippen LogP contribution in [0.3, 0.4) is 0 Å². The average Bonchev–Trinajstić information content (AvgIpc) is 2.25. The number of nitrogens with zero attached hydrogens (tertiary/aromatic N) is 2. The summed E-state index contributed by atoms with van der Waals surface area (Å²) < 4.78 is 40.0. The van der Waals surface area contributed by atoms with E-state index < -0.39 is 12.8 Å². The molecule has 0 heterocycles. The van der Waals surface area contributed by atoms with E-state index in [1.54, 1.807) is 12.1 Å². The number of benzene rings is 1. The van der Waals surface area contributed by atoms with Gasteiger partial charge in [0.1, 0.15) is 11.8 Å². The molecule has 0 amide bonds. The minimum atomic E-state index is -4.46. The van der Waals surface area contributed by atoms with Crippen molar-refractivity contribution >= 4 is 0 Å². The Hall–Kier alpha value is -2.21. The van der Waals surface area contributed by atoms with Crippen molar-refractivity contribution in [2.24, 2.45) is 0 Å². The van der Waals surface area contributed by atoms with Gasteiger partial charge in [0.05, 0.1) is 17.2 Å². The molecule has 6 heteroatoms. The van der Waals surface area contributed by atoms with Crippen LogP contribution in [-0.4, -0.2) is 12.8 Å². The number of halogens is 3. The normalized spacial score (nSPS) is 10.3. The lowest BCUT2D eigenvalue weighted by atomic mass is 10.1. The first-order chi connectivity index (χ1) is 7.46. The van der Waals surface area contributed by atoms with Gasteiger partial charge in [-0.3, -0.25) is 0 Å². The summed E-state index contributed by atoms with van der Waals surface area (Å²) in [7, 11) is 0. The van der Waals surface area contributed by atoms with E-state index in [2.05, 4.69) is 4.74 Å². The number of ether oxygens (including phenoxy) is 1. The van der Waals surface area contributed by atoms with E-state index in [4.69, 9.17) is 10.5 Å². The zero-order valence-corrected chi connectivity index (χ0v) is 7.88. The van der Waals surface area contributed by atoms with Crippen LogP contribution in [0.2, 0.25) is 0 Å². The highest BCUT2D eigenvalue weighted by Crippen LogP contribution is 2.22. The molecule has 82 valence electrons. The standard InChI is InChI=1S/C10H5F3N2O/c11-10(12,13)6-16-9-2-1-7(4-14)3-8(9)5-15/h1-3H,6H2. The van der Waals surface area contributed by atoms with E-state index in [0.717, 1.165) is 0 Å². The fourth-order valence-electron chi connectivity index (χ4n) is 0.972. The van der Waals surface area contributed by atoms with E-state index in [-0.39, 0.29) is 16.9 Å². The highest BCUT2D eigenvalue weighted by atomic mass is 19.4. The molecule has 0 N–H and O–H groups in total. The molecule has 0 saturated heterocycles. The number of rotatable bonds is 2. The minimum Gasteiger partial charge on any atom is -0.483 e. The molecule has 1 aromatic rings. The van der Waals surface area contributed by atoms with Gasteiger partial charge in [-0.05, 0) is 18.2 Å². The van der Waals surface area contributed by atoms with Gasteiger partial charge in [-0.15, -0.1) is 0 Å². The zero-order valence-electron chi connectivity index (χ0n) is 7.88. The molecule has 16 heavy (non-hydrogen) atoms. The Labute approximate surface area is 89.3 Å². The predicted molar refractivity (Wildman–Crippen MR) is 47.4 cm³/mol. The smallest absolute Gasteiger partial charge is 0.422 e. The predicted octanol–water partition coefficient (Wildman–Crippen LogP) is 2.37. The molecule has 0 saturated carbocycles. The molecule has 0 aliphatic rings. The van der Waals surface area contributed by atoms with Gasteiger partial charge in [0.15, 0.2) is 6.61 Å². The van der Waals surface area contributed by atoms with Crippen molar-refractivity contribution < 1.29 is 17.9 Å². The summed E-state index contributed by atoms with van der Waals surface area (Å²) in [6.07, 6.45) is -4.46. The maximum Gasteiger partial charge on any atom is 0.422 e. The molecule has 0 unspecified atom stereocenters. The van der Waals surface area contributed by atoms with Crippen LogP contribution in [-0.2, 0) is 0 Å². The first-order valence-corrected chi connectivity index (χ1v) is 4.10. The Morgan fingerprint density at radius 2 is 1.88 bits per heavy atom. The van der Waals surface area contributed by atoms with Crippen molar-refractivity contribution in [3.8, 4) is 17.9 Å². The number of nitriles is 2. The first-order valence-electron chi connectivity index (χ1n) is 4.10. The first kappa shape index (κ1) is 11.9. The molecule has 0 aliphatic carbocycles. The van der Waals surface area contributed by atoms with Crippen molar-refractivity contribution in [3.05, 3.63) is 29.3 Å². The third-order valence-electron chi connectivity index (χ3n) is 1.62. The van der Waals surface area contributed by atoms with Crippen LogP contribution < -0.4 is 4.74 Å². The molecule has 0 bridgehead atoms. The second-order valence-electron chi connectivity index (χ2n) is 2.84. The van der Waals surface area contributed by atoms with Gasteiger partial charge >= 0.3 is 6.18 Å². The van der Waals surface area contributed by atoms with Crippen LogP contribution in [0, 0.1) is 22.7 Å². The van der Waals surface area contributed by atoms with Gasteiger partial charge in [-0.2, -0.15) is 23.7 Å². The summed E-state index contributed by atoms with van der Waals surface area (Å²) in [5.41, 5.74) is 0.0965. The highest BCUT2D eigenvalue weighted by Gasteiger charge is 2.28. The maximum atomic E-state index is 11.9. The Morgan fingerprint density at radius 3 is 2.38 bits per heavy atom. The van der Waals surface area contributed by atoms with Crippen molar-refractivity contribution in [2.45, 2.75) is 6.18 Å². The maximum absolute atomic E-state index is 11.9. The molecule has 0 aromatic heterocycles. The van der Waals surface area contributed by atoms with E-state index in [1.165, 1.54) is 18.2 Å². The second kappa shape index (κ2) is 4.54. The number of hydrogen-bond donors (Lipinski definition) is 0. The van der Waals surface area contributed by atoms with E-state index in [9.17, 15) is 13.2 Å². The third-order valence-corrected chi connectivity index (χ3v) is 1.62. The van der Waals surface area contributed by atoms with Gasteiger partial charge < -0.3 is 4.74 Å². The van der Waals surface area contributed by atoms with E-state index in [1.807, 2.05) is 0 Å². The summed E-state index contributed by atoms with van der Waals surface area (Å²) in [6, 6.07) is 7.06. The lowest BCUT2D eigenvalue weighted by Gasteiger charge is -2.10. The zero-order chi connectivity index (χ0) is 12.2.